The van der Waals surface area contributed by atoms with Crippen LogP contribution in [0, 0.1) is 0 Å². The lowest BCUT2D eigenvalue weighted by Crippen LogP contribution is -2.10. The normalized spacial score (nSPS) is 13.7. The molecule has 4 aromatic rings. The molecule has 0 bridgehead atoms. The Balaban J connectivity index is 1.48. The number of carbonyl (C=O) groups is 2. The molecule has 0 spiro atoms. The molecule has 0 saturated heterocycles. The Kier molecular flexibility index (Phi) is 6.13. The van der Waals surface area contributed by atoms with Gasteiger partial charge in [-0.1, -0.05) is 48.5 Å². The van der Waals surface area contributed by atoms with Gasteiger partial charge in [0.2, 0.25) is 0 Å². The number of hydrogen-bond donors (Lipinski definition) is 3. The Morgan fingerprint density at radius 2 is 1.77 bits per heavy atom. The zero-order chi connectivity index (χ0) is 24.2. The fraction of sp³-hybridized carbons (Fsp3) is 0.107. The van der Waals surface area contributed by atoms with Gasteiger partial charge in [-0.2, -0.15) is 0 Å². The maximum atomic E-state index is 13.1. The number of nitrogens with zero attached hydrogens (tertiary/aromatic N) is 1. The second kappa shape index (κ2) is 9.69. The molecule has 3 aromatic carbocycles. The van der Waals surface area contributed by atoms with Crippen LogP contribution >= 0.6 is 0 Å². The lowest BCUT2D eigenvalue weighted by Gasteiger charge is -2.15. The molecule has 1 aromatic heterocycles. The molecule has 7 nitrogen and oxygen atoms in total. The van der Waals surface area contributed by atoms with Crippen LogP contribution in [0.2, 0.25) is 0 Å². The first kappa shape index (κ1) is 22.2. The van der Waals surface area contributed by atoms with Crippen LogP contribution in [0.15, 0.2) is 85.3 Å². The highest BCUT2D eigenvalue weighted by molar-refractivity contribution is 6.37. The van der Waals surface area contributed by atoms with Crippen molar-refractivity contribution in [1.82, 2.24) is 9.97 Å². The zero-order valence-corrected chi connectivity index (χ0v) is 19.2. The smallest absolute Gasteiger partial charge is 0.337 e. The molecular formula is C28H24N4O3. The van der Waals surface area contributed by atoms with Crippen molar-refractivity contribution in [2.45, 2.75) is 12.8 Å². The molecule has 7 heteroatoms. The number of fused-ring (bicyclic) bond motifs is 1. The fourth-order valence-electron chi connectivity index (χ4n) is 4.15. The van der Waals surface area contributed by atoms with E-state index in [-0.39, 0.29) is 5.91 Å². The minimum Gasteiger partial charge on any atom is -0.465 e. The maximum absolute atomic E-state index is 13.1. The summed E-state index contributed by atoms with van der Waals surface area (Å²) in [5.74, 6) is -0.683. The van der Waals surface area contributed by atoms with Crippen LogP contribution in [0.3, 0.4) is 0 Å². The molecule has 0 aliphatic carbocycles. The average molecular weight is 465 g/mol. The number of hydrogen-bond acceptors (Lipinski definition) is 5. The van der Waals surface area contributed by atoms with Gasteiger partial charge >= 0.3 is 5.97 Å². The van der Waals surface area contributed by atoms with Gasteiger partial charge in [-0.3, -0.25) is 4.79 Å². The number of imidazole rings is 1. The molecule has 1 aliphatic rings. The number of ether oxygens (including phenoxy) is 1. The first-order valence-corrected chi connectivity index (χ1v) is 11.3. The van der Waals surface area contributed by atoms with E-state index in [0.29, 0.717) is 22.5 Å². The third-order valence-electron chi connectivity index (χ3n) is 5.95. The molecule has 0 atom stereocenters. The van der Waals surface area contributed by atoms with E-state index < -0.39 is 5.97 Å². The molecular weight excluding hydrogens is 440 g/mol. The summed E-state index contributed by atoms with van der Waals surface area (Å²) in [6.45, 7) is 0. The second-order valence-corrected chi connectivity index (χ2v) is 8.20. The quantitative estimate of drug-likeness (QED) is 0.267. The van der Waals surface area contributed by atoms with Crippen molar-refractivity contribution < 1.29 is 14.3 Å². The Hall–Kier alpha value is -4.65. The first-order chi connectivity index (χ1) is 17.1. The van der Waals surface area contributed by atoms with E-state index in [1.165, 1.54) is 12.7 Å². The van der Waals surface area contributed by atoms with Gasteiger partial charge in [-0.05, 0) is 48.2 Å². The summed E-state index contributed by atoms with van der Waals surface area (Å²) in [5, 5.41) is 6.35. The van der Waals surface area contributed by atoms with Gasteiger partial charge in [0.05, 0.1) is 41.7 Å². The zero-order valence-electron chi connectivity index (χ0n) is 19.2. The number of methoxy groups -OCH3 is 1. The fourth-order valence-corrected chi connectivity index (χ4v) is 4.15. The molecule has 0 unspecified atom stereocenters. The van der Waals surface area contributed by atoms with E-state index in [4.69, 9.17) is 4.74 Å². The minimum absolute atomic E-state index is 0.232. The number of carbonyl (C=O) groups excluding carboxylic acids is 2. The highest BCUT2D eigenvalue weighted by Crippen LogP contribution is 2.38. The van der Waals surface area contributed by atoms with Gasteiger partial charge in [0.15, 0.2) is 0 Å². The van der Waals surface area contributed by atoms with E-state index in [2.05, 4.69) is 32.7 Å². The Bertz CT molecular complexity index is 1390. The number of aromatic nitrogens is 2. The van der Waals surface area contributed by atoms with Gasteiger partial charge in [-0.15, -0.1) is 0 Å². The number of rotatable bonds is 7. The molecule has 174 valence electrons. The Morgan fingerprint density at radius 3 is 2.49 bits per heavy atom. The second-order valence-electron chi connectivity index (χ2n) is 8.20. The predicted octanol–water partition coefficient (Wildman–Crippen LogP) is 4.91. The molecule has 1 amide bonds. The van der Waals surface area contributed by atoms with Gasteiger partial charge < -0.3 is 20.4 Å². The van der Waals surface area contributed by atoms with Crippen molar-refractivity contribution in [3.05, 3.63) is 113 Å². The maximum Gasteiger partial charge on any atom is 0.337 e. The third kappa shape index (κ3) is 4.70. The molecule has 2 heterocycles. The van der Waals surface area contributed by atoms with Crippen molar-refractivity contribution >= 4 is 34.5 Å². The van der Waals surface area contributed by atoms with Crippen LogP contribution in [-0.4, -0.2) is 29.0 Å². The van der Waals surface area contributed by atoms with E-state index in [1.54, 1.807) is 24.5 Å². The number of nitrogens with one attached hydrogen (secondary N) is 3. The highest BCUT2D eigenvalue weighted by atomic mass is 16.5. The van der Waals surface area contributed by atoms with Gasteiger partial charge in [0.25, 0.3) is 5.91 Å². The van der Waals surface area contributed by atoms with Crippen molar-refractivity contribution in [3.63, 3.8) is 0 Å². The monoisotopic (exact) mass is 464 g/mol. The van der Waals surface area contributed by atoms with Crippen LogP contribution in [-0.2, 0) is 22.4 Å². The van der Waals surface area contributed by atoms with Crippen molar-refractivity contribution in [3.8, 4) is 0 Å². The number of esters is 1. The third-order valence-corrected chi connectivity index (χ3v) is 5.95. The van der Waals surface area contributed by atoms with Crippen LogP contribution in [0.1, 0.15) is 32.7 Å². The van der Waals surface area contributed by atoms with E-state index >= 15 is 0 Å². The number of anilines is 2. The summed E-state index contributed by atoms with van der Waals surface area (Å²) in [6, 6.07) is 23.0. The summed E-state index contributed by atoms with van der Waals surface area (Å²) in [4.78, 5) is 32.3. The minimum atomic E-state index is -0.451. The number of amides is 1. The summed E-state index contributed by atoms with van der Waals surface area (Å²) >= 11 is 0. The molecule has 5 rings (SSSR count). The number of H-pyrrole nitrogens is 1. The van der Waals surface area contributed by atoms with Gasteiger partial charge in [-0.25, -0.2) is 9.78 Å². The van der Waals surface area contributed by atoms with Crippen molar-refractivity contribution in [2.24, 2.45) is 0 Å². The Morgan fingerprint density at radius 1 is 0.971 bits per heavy atom. The molecule has 1 aliphatic heterocycles. The van der Waals surface area contributed by atoms with Gasteiger partial charge in [0.1, 0.15) is 0 Å². The number of benzene rings is 3. The molecule has 0 fully saturated rings. The first-order valence-electron chi connectivity index (χ1n) is 11.3. The molecule has 35 heavy (non-hydrogen) atoms. The average Bonchev–Trinajstić information content (AvgIpc) is 3.53. The predicted molar refractivity (Wildman–Crippen MR) is 136 cm³/mol. The SMILES string of the molecule is COC(=O)c1ccc2c(c1)NC(=O)/C2=C(\Nc1ccc(CCc2c[nH]cn2)cc1)c1ccccc1. The lowest BCUT2D eigenvalue weighted by atomic mass is 9.99. The molecule has 0 saturated carbocycles. The Labute approximate surface area is 202 Å². The topological polar surface area (TPSA) is 96.1 Å². The van der Waals surface area contributed by atoms with Crippen LogP contribution in [0.4, 0.5) is 11.4 Å². The summed E-state index contributed by atoms with van der Waals surface area (Å²) in [6.07, 6.45) is 5.34. The summed E-state index contributed by atoms with van der Waals surface area (Å²) < 4.78 is 4.81. The van der Waals surface area contributed by atoms with E-state index in [1.807, 2.05) is 48.7 Å². The standard InChI is InChI=1S/C28H24N4O3/c1-35-28(34)20-10-14-23-24(15-20)32-27(33)25(23)26(19-5-3-2-4-6-19)31-21-11-7-18(8-12-21)9-13-22-16-29-17-30-22/h2-8,10-12,14-17,31H,9,13H2,1H3,(H,29,30)(H,32,33)/b26-25-. The van der Waals surface area contributed by atoms with Gasteiger partial charge in [0, 0.05) is 17.4 Å². The summed E-state index contributed by atoms with van der Waals surface area (Å²) in [5.41, 5.74) is 6.88. The molecule has 0 radical (unpaired) electrons. The van der Waals surface area contributed by atoms with Crippen LogP contribution in [0.25, 0.3) is 11.3 Å². The summed E-state index contributed by atoms with van der Waals surface area (Å²) in [7, 11) is 1.33. The van der Waals surface area contributed by atoms with Crippen LogP contribution < -0.4 is 10.6 Å². The number of aryl methyl sites for hydroxylation is 2. The lowest BCUT2D eigenvalue weighted by molar-refractivity contribution is -0.110. The van der Waals surface area contributed by atoms with Crippen molar-refractivity contribution in [1.29, 1.82) is 0 Å². The van der Waals surface area contributed by atoms with E-state index in [9.17, 15) is 9.59 Å². The largest absolute Gasteiger partial charge is 0.465 e. The van der Waals surface area contributed by atoms with E-state index in [0.717, 1.165) is 35.3 Å². The van der Waals surface area contributed by atoms with Crippen LogP contribution in [0.5, 0.6) is 0 Å². The van der Waals surface area contributed by atoms with Crippen molar-refractivity contribution in [2.75, 3.05) is 17.7 Å². The highest BCUT2D eigenvalue weighted by Gasteiger charge is 2.29. The number of aromatic amines is 1. The molecule has 3 N–H and O–H groups in total.